The van der Waals surface area contributed by atoms with Crippen LogP contribution in [0.4, 0.5) is 0 Å². The molecule has 0 fully saturated rings. The molecule has 0 bridgehead atoms. The molecule has 8 aromatic rings. The van der Waals surface area contributed by atoms with Gasteiger partial charge in [-0.25, -0.2) is 0 Å². The molecule has 0 amide bonds. The van der Waals surface area contributed by atoms with Crippen LogP contribution < -0.4 is 0 Å². The predicted molar refractivity (Wildman–Crippen MR) is 192 cm³/mol. The molecule has 0 spiro atoms. The minimum atomic E-state index is 0. The first-order valence-corrected chi connectivity index (χ1v) is 16.1. The van der Waals surface area contributed by atoms with Crippen molar-refractivity contribution in [2.45, 2.75) is 39.5 Å². The maximum Gasteiger partial charge on any atom is 0.0774 e. The van der Waals surface area contributed by atoms with E-state index in [4.69, 9.17) is 9.40 Å². The molecule has 2 aromatic heterocycles. The number of imidazole rings is 1. The smallest absolute Gasteiger partial charge is 0.0774 e. The second-order valence-electron chi connectivity index (χ2n) is 12.8. The minimum absolute atomic E-state index is 0. The van der Waals surface area contributed by atoms with E-state index in [0.29, 0.717) is 0 Å². The van der Waals surface area contributed by atoms with Crippen LogP contribution >= 0.6 is 0 Å². The molecular formula is C43H35IrN2O-. The van der Waals surface area contributed by atoms with Crippen LogP contribution in [-0.4, -0.2) is 9.55 Å². The zero-order valence-electron chi connectivity index (χ0n) is 26.9. The van der Waals surface area contributed by atoms with Crippen LogP contribution in [-0.2, 0) is 20.1 Å². The largest absolute Gasteiger partial charge is 0.557 e. The van der Waals surface area contributed by atoms with Gasteiger partial charge in [-0.3, -0.25) is 4.98 Å². The SMILES string of the molecule is CC(C)c1cc(-c2ccccc2)cc(C(C)C)c1-n1c(-c2[c-]oc3ccc(-c4ccc5ccccc5c4)cc23)nc2ccccc21.[Ir]. The van der Waals surface area contributed by atoms with Crippen molar-refractivity contribution in [3.05, 3.63) is 145 Å². The number of aromatic nitrogens is 2. The van der Waals surface area contributed by atoms with Crippen molar-refractivity contribution >= 4 is 32.8 Å². The third-order valence-electron chi connectivity index (χ3n) is 9.12. The van der Waals surface area contributed by atoms with E-state index in [1.807, 2.05) is 0 Å². The first-order valence-electron chi connectivity index (χ1n) is 16.1. The van der Waals surface area contributed by atoms with Crippen LogP contribution in [0.3, 0.4) is 0 Å². The second kappa shape index (κ2) is 12.4. The van der Waals surface area contributed by atoms with Crippen LogP contribution in [0.5, 0.6) is 0 Å². The van der Waals surface area contributed by atoms with Gasteiger partial charge in [0, 0.05) is 37.6 Å². The Bertz CT molecular complexity index is 2350. The number of furan rings is 1. The maximum atomic E-state index is 6.11. The van der Waals surface area contributed by atoms with Crippen molar-refractivity contribution in [3.8, 4) is 39.3 Å². The van der Waals surface area contributed by atoms with Crippen molar-refractivity contribution in [2.24, 2.45) is 0 Å². The van der Waals surface area contributed by atoms with E-state index in [1.54, 1.807) is 0 Å². The Morgan fingerprint density at radius 2 is 1.23 bits per heavy atom. The predicted octanol–water partition coefficient (Wildman–Crippen LogP) is 12.0. The van der Waals surface area contributed by atoms with Gasteiger partial charge in [0.2, 0.25) is 0 Å². The molecule has 8 rings (SSSR count). The summed E-state index contributed by atoms with van der Waals surface area (Å²) in [4.78, 5) is 5.28. The van der Waals surface area contributed by atoms with Gasteiger partial charge in [0.05, 0.1) is 16.9 Å². The summed E-state index contributed by atoms with van der Waals surface area (Å²) >= 11 is 0. The average molecular weight is 788 g/mol. The quantitative estimate of drug-likeness (QED) is 0.157. The van der Waals surface area contributed by atoms with Crippen molar-refractivity contribution in [1.82, 2.24) is 9.55 Å². The van der Waals surface area contributed by atoms with Crippen molar-refractivity contribution in [2.75, 3.05) is 0 Å². The number of para-hydroxylation sites is 2. The van der Waals surface area contributed by atoms with Gasteiger partial charge >= 0.3 is 0 Å². The summed E-state index contributed by atoms with van der Waals surface area (Å²) in [6, 6.07) is 45.4. The second-order valence-corrected chi connectivity index (χ2v) is 12.8. The third kappa shape index (κ3) is 5.42. The van der Waals surface area contributed by atoms with Crippen LogP contribution in [0.1, 0.15) is 50.7 Å². The topological polar surface area (TPSA) is 31.0 Å². The van der Waals surface area contributed by atoms with Gasteiger partial charge in [0.15, 0.2) is 0 Å². The van der Waals surface area contributed by atoms with Crippen LogP contribution in [0.2, 0.25) is 0 Å². The number of rotatable bonds is 6. The zero-order valence-corrected chi connectivity index (χ0v) is 29.3. The number of fused-ring (bicyclic) bond motifs is 3. The summed E-state index contributed by atoms with van der Waals surface area (Å²) in [6.45, 7) is 9.13. The first-order chi connectivity index (χ1) is 22.5. The molecule has 1 radical (unpaired) electrons. The van der Waals surface area contributed by atoms with E-state index in [9.17, 15) is 0 Å². The van der Waals surface area contributed by atoms with Gasteiger partial charge < -0.3 is 8.98 Å². The fourth-order valence-corrected chi connectivity index (χ4v) is 6.73. The van der Waals surface area contributed by atoms with E-state index >= 15 is 0 Å². The van der Waals surface area contributed by atoms with E-state index in [2.05, 4.69) is 166 Å². The first kappa shape index (κ1) is 30.9. The summed E-state index contributed by atoms with van der Waals surface area (Å²) < 4.78 is 8.46. The molecule has 0 aliphatic rings. The maximum absolute atomic E-state index is 6.11. The summed E-state index contributed by atoms with van der Waals surface area (Å²) in [7, 11) is 0. The van der Waals surface area contributed by atoms with Gasteiger partial charge in [-0.15, -0.1) is 0 Å². The molecule has 0 saturated carbocycles. The average Bonchev–Trinajstić information content (AvgIpc) is 3.68. The normalized spacial score (nSPS) is 11.6. The monoisotopic (exact) mass is 788 g/mol. The van der Waals surface area contributed by atoms with Gasteiger partial charge in [-0.2, -0.15) is 0 Å². The molecule has 4 heteroatoms. The molecule has 6 aromatic carbocycles. The molecule has 0 atom stereocenters. The Morgan fingerprint density at radius 3 is 1.98 bits per heavy atom. The summed E-state index contributed by atoms with van der Waals surface area (Å²) in [5.41, 5.74) is 12.2. The molecule has 0 aliphatic carbocycles. The van der Waals surface area contributed by atoms with Gasteiger partial charge in [-0.05, 0) is 86.3 Å². The van der Waals surface area contributed by atoms with E-state index in [-0.39, 0.29) is 31.9 Å². The molecule has 0 saturated heterocycles. The number of benzene rings is 6. The summed E-state index contributed by atoms with van der Waals surface area (Å²) in [5, 5.41) is 3.46. The molecule has 47 heavy (non-hydrogen) atoms. The Balaban J connectivity index is 0.00000351. The molecule has 3 nitrogen and oxygen atoms in total. The van der Waals surface area contributed by atoms with Gasteiger partial charge in [-0.1, -0.05) is 136 Å². The summed E-state index contributed by atoms with van der Waals surface area (Å²) in [5.74, 6) is 1.41. The molecular weight excluding hydrogens is 753 g/mol. The van der Waals surface area contributed by atoms with E-state index in [0.717, 1.165) is 39.0 Å². The molecule has 2 heterocycles. The molecule has 0 aliphatic heterocycles. The number of nitrogens with zero attached hydrogens (tertiary/aromatic N) is 2. The van der Waals surface area contributed by atoms with Crippen molar-refractivity contribution in [3.63, 3.8) is 0 Å². The Labute approximate surface area is 289 Å². The third-order valence-corrected chi connectivity index (χ3v) is 9.12. The fourth-order valence-electron chi connectivity index (χ4n) is 6.73. The number of hydrogen-bond acceptors (Lipinski definition) is 2. The Kier molecular flexibility index (Phi) is 8.18. The van der Waals surface area contributed by atoms with Gasteiger partial charge in [0.1, 0.15) is 0 Å². The van der Waals surface area contributed by atoms with Crippen LogP contribution in [0, 0.1) is 6.26 Å². The molecule has 233 valence electrons. The van der Waals surface area contributed by atoms with Crippen LogP contribution in [0.25, 0.3) is 72.1 Å². The fraction of sp³-hybridized carbons (Fsp3) is 0.140. The van der Waals surface area contributed by atoms with Crippen molar-refractivity contribution in [1.29, 1.82) is 0 Å². The molecule has 0 N–H and O–H groups in total. The Hall–Kier alpha value is -4.76. The van der Waals surface area contributed by atoms with E-state index < -0.39 is 0 Å². The standard InChI is InChI=1S/C43H35N2O.Ir/c1-27(2)35-24-34(29-12-6-5-7-13-29)25-36(28(3)4)42(35)45-40-17-11-10-16-39(40)44-43(45)38-26-46-41-21-20-33(23-37(38)41)32-19-18-30-14-8-9-15-31(30)22-32;/h5-25,27-28H,1-4H3;/q-1;. The van der Waals surface area contributed by atoms with Crippen LogP contribution in [0.15, 0.2) is 132 Å². The Morgan fingerprint density at radius 1 is 0.596 bits per heavy atom. The summed E-state index contributed by atoms with van der Waals surface area (Å²) in [6.07, 6.45) is 3.29. The zero-order chi connectivity index (χ0) is 31.4. The van der Waals surface area contributed by atoms with Crippen molar-refractivity contribution < 1.29 is 24.5 Å². The number of hydrogen-bond donors (Lipinski definition) is 0. The molecule has 0 unspecified atom stereocenters. The van der Waals surface area contributed by atoms with E-state index in [1.165, 1.54) is 44.3 Å². The minimum Gasteiger partial charge on any atom is -0.557 e. The van der Waals surface area contributed by atoms with Gasteiger partial charge in [0.25, 0.3) is 0 Å².